The smallest absolute Gasteiger partial charge is 0.256 e. The number of nitrogens with zero attached hydrogens (tertiary/aromatic N) is 1. The molecule has 0 unspecified atom stereocenters. The number of nitrogens with two attached hydrogens (primary N) is 1. The first-order valence-electron chi connectivity index (χ1n) is 5.49. The Morgan fingerprint density at radius 2 is 2.16 bits per heavy atom. The van der Waals surface area contributed by atoms with Crippen molar-refractivity contribution in [2.24, 2.45) is 0 Å². The van der Waals surface area contributed by atoms with Crippen LogP contribution in [0, 0.1) is 6.92 Å². The summed E-state index contributed by atoms with van der Waals surface area (Å²) in [5.41, 5.74) is 6.87. The summed E-state index contributed by atoms with van der Waals surface area (Å²) in [6.07, 6.45) is 1.60. The van der Waals surface area contributed by atoms with Gasteiger partial charge in [-0.2, -0.15) is 0 Å². The van der Waals surface area contributed by atoms with E-state index in [1.54, 1.807) is 12.3 Å². The zero-order valence-corrected chi connectivity index (χ0v) is 11.7. The van der Waals surface area contributed by atoms with E-state index >= 15 is 0 Å². The number of carbonyl (C=O) groups is 1. The minimum absolute atomic E-state index is 0.117. The van der Waals surface area contributed by atoms with Crippen LogP contribution in [0.1, 0.15) is 15.9 Å². The van der Waals surface area contributed by atoms with Crippen LogP contribution < -0.4 is 11.1 Å². The van der Waals surface area contributed by atoms with Crippen LogP contribution in [0.15, 0.2) is 34.9 Å². The topological polar surface area (TPSA) is 88.2 Å². The second kappa shape index (κ2) is 5.27. The second-order valence-electron chi connectivity index (χ2n) is 4.05. The average Bonchev–Trinajstić information content (AvgIpc) is 2.36. The van der Waals surface area contributed by atoms with Crippen LogP contribution in [-0.4, -0.2) is 16.0 Å². The Hall–Kier alpha value is -2.08. The molecule has 2 rings (SSSR count). The summed E-state index contributed by atoms with van der Waals surface area (Å²) < 4.78 is 0.841. The molecule has 5 nitrogen and oxygen atoms in total. The minimum Gasteiger partial charge on any atom is -0.506 e. The zero-order valence-electron chi connectivity index (χ0n) is 10.1. The van der Waals surface area contributed by atoms with E-state index in [4.69, 9.17) is 5.73 Å². The molecule has 0 bridgehead atoms. The largest absolute Gasteiger partial charge is 0.506 e. The van der Waals surface area contributed by atoms with Gasteiger partial charge in [0.1, 0.15) is 11.6 Å². The summed E-state index contributed by atoms with van der Waals surface area (Å²) in [6.45, 7) is 1.84. The third-order valence-electron chi connectivity index (χ3n) is 2.57. The van der Waals surface area contributed by atoms with Crippen molar-refractivity contribution < 1.29 is 9.90 Å². The SMILES string of the molecule is Cc1cc(Br)cnc1NC(=O)c1ccc(N)c(O)c1. The van der Waals surface area contributed by atoms with Gasteiger partial charge in [-0.05, 0) is 52.7 Å². The molecule has 0 saturated carbocycles. The first kappa shape index (κ1) is 13.4. The van der Waals surface area contributed by atoms with Crippen LogP contribution in [0.5, 0.6) is 5.75 Å². The minimum atomic E-state index is -0.353. The number of phenolic OH excluding ortho intramolecular Hbond substituents is 1. The molecule has 98 valence electrons. The van der Waals surface area contributed by atoms with Crippen molar-refractivity contribution in [1.82, 2.24) is 4.98 Å². The van der Waals surface area contributed by atoms with Gasteiger partial charge in [-0.25, -0.2) is 4.98 Å². The van der Waals surface area contributed by atoms with Crippen molar-refractivity contribution in [3.63, 3.8) is 0 Å². The van der Waals surface area contributed by atoms with E-state index in [9.17, 15) is 9.90 Å². The Morgan fingerprint density at radius 1 is 1.42 bits per heavy atom. The van der Waals surface area contributed by atoms with Gasteiger partial charge in [0.25, 0.3) is 5.91 Å². The Morgan fingerprint density at radius 3 is 2.79 bits per heavy atom. The summed E-state index contributed by atoms with van der Waals surface area (Å²) >= 11 is 3.30. The van der Waals surface area contributed by atoms with Gasteiger partial charge in [0.05, 0.1) is 5.69 Å². The molecule has 1 aromatic carbocycles. The first-order valence-corrected chi connectivity index (χ1v) is 6.28. The Balaban J connectivity index is 2.23. The summed E-state index contributed by atoms with van der Waals surface area (Å²) in [4.78, 5) is 16.1. The van der Waals surface area contributed by atoms with E-state index in [1.807, 2.05) is 13.0 Å². The van der Waals surface area contributed by atoms with Gasteiger partial charge in [0.2, 0.25) is 0 Å². The first-order chi connectivity index (χ1) is 8.97. The molecule has 2 aromatic rings. The molecule has 1 aromatic heterocycles. The lowest BCUT2D eigenvalue weighted by Crippen LogP contribution is -2.14. The molecule has 0 aliphatic rings. The molecule has 19 heavy (non-hydrogen) atoms. The number of aromatic nitrogens is 1. The number of nitrogen functional groups attached to an aromatic ring is 1. The van der Waals surface area contributed by atoms with E-state index < -0.39 is 0 Å². The van der Waals surface area contributed by atoms with Gasteiger partial charge in [-0.15, -0.1) is 0 Å². The maximum atomic E-state index is 12.0. The molecule has 0 fully saturated rings. The maximum absolute atomic E-state index is 12.0. The van der Waals surface area contributed by atoms with Crippen molar-refractivity contribution in [2.75, 3.05) is 11.1 Å². The average molecular weight is 322 g/mol. The summed E-state index contributed by atoms with van der Waals surface area (Å²) in [6, 6.07) is 6.19. The van der Waals surface area contributed by atoms with Gasteiger partial charge in [0.15, 0.2) is 0 Å². The summed E-state index contributed by atoms with van der Waals surface area (Å²) in [7, 11) is 0. The lowest BCUT2D eigenvalue weighted by Gasteiger charge is -2.08. The molecule has 1 heterocycles. The second-order valence-corrected chi connectivity index (χ2v) is 4.96. The number of aromatic hydroxyl groups is 1. The number of nitrogens with one attached hydrogen (secondary N) is 1. The number of hydrogen-bond donors (Lipinski definition) is 3. The summed E-state index contributed by atoms with van der Waals surface area (Å²) in [5.74, 6) is 0.00544. The number of hydrogen-bond acceptors (Lipinski definition) is 4. The molecule has 0 aliphatic carbocycles. The predicted octanol–water partition coefficient (Wildman–Crippen LogP) is 2.69. The number of carbonyl (C=O) groups excluding carboxylic acids is 1. The van der Waals surface area contributed by atoms with Crippen molar-refractivity contribution in [2.45, 2.75) is 6.92 Å². The summed E-state index contributed by atoms with van der Waals surface area (Å²) in [5, 5.41) is 12.2. The predicted molar refractivity (Wildman–Crippen MR) is 77.1 cm³/mol. The highest BCUT2D eigenvalue weighted by Crippen LogP contribution is 2.22. The molecule has 6 heteroatoms. The normalized spacial score (nSPS) is 10.2. The third kappa shape index (κ3) is 3.03. The fraction of sp³-hybridized carbons (Fsp3) is 0.0769. The highest BCUT2D eigenvalue weighted by Gasteiger charge is 2.10. The third-order valence-corrected chi connectivity index (χ3v) is 3.00. The van der Waals surface area contributed by atoms with Gasteiger partial charge < -0.3 is 16.2 Å². The van der Waals surface area contributed by atoms with Gasteiger partial charge in [-0.3, -0.25) is 4.79 Å². The van der Waals surface area contributed by atoms with Crippen LogP contribution in [0.2, 0.25) is 0 Å². The van der Waals surface area contributed by atoms with Gasteiger partial charge in [-0.1, -0.05) is 0 Å². The fourth-order valence-corrected chi connectivity index (χ4v) is 1.98. The number of aryl methyl sites for hydroxylation is 1. The molecule has 0 radical (unpaired) electrons. The van der Waals surface area contributed by atoms with Gasteiger partial charge in [0, 0.05) is 16.2 Å². The molecule has 0 aliphatic heterocycles. The van der Waals surface area contributed by atoms with Gasteiger partial charge >= 0.3 is 0 Å². The zero-order chi connectivity index (χ0) is 14.0. The van der Waals surface area contributed by atoms with E-state index in [0.29, 0.717) is 11.4 Å². The van der Waals surface area contributed by atoms with E-state index in [0.717, 1.165) is 10.0 Å². The number of halogens is 1. The van der Waals surface area contributed by atoms with Crippen molar-refractivity contribution in [3.05, 3.63) is 46.1 Å². The highest BCUT2D eigenvalue weighted by molar-refractivity contribution is 9.10. The Kier molecular flexibility index (Phi) is 3.71. The maximum Gasteiger partial charge on any atom is 0.256 e. The monoisotopic (exact) mass is 321 g/mol. The van der Waals surface area contributed by atoms with E-state index in [-0.39, 0.29) is 17.3 Å². The van der Waals surface area contributed by atoms with Crippen LogP contribution in [0.4, 0.5) is 11.5 Å². The number of phenols is 1. The number of amides is 1. The fourth-order valence-electron chi connectivity index (χ4n) is 1.54. The van der Waals surface area contributed by atoms with E-state index in [2.05, 4.69) is 26.2 Å². The molecular weight excluding hydrogens is 310 g/mol. The molecule has 4 N–H and O–H groups in total. The van der Waals surface area contributed by atoms with Crippen LogP contribution in [0.25, 0.3) is 0 Å². The molecule has 0 atom stereocenters. The standard InChI is InChI=1S/C13H12BrN3O2/c1-7-4-9(14)6-16-12(7)17-13(19)8-2-3-10(15)11(18)5-8/h2-6,18H,15H2,1H3,(H,16,17,19). The number of benzene rings is 1. The molecule has 0 spiro atoms. The van der Waals surface area contributed by atoms with Crippen LogP contribution >= 0.6 is 15.9 Å². The van der Waals surface area contributed by atoms with Crippen molar-refractivity contribution >= 4 is 33.3 Å². The van der Waals surface area contributed by atoms with Crippen molar-refractivity contribution in [3.8, 4) is 5.75 Å². The Labute approximate surface area is 118 Å². The number of rotatable bonds is 2. The molecule has 1 amide bonds. The molecule has 0 saturated heterocycles. The quantitative estimate of drug-likeness (QED) is 0.586. The number of anilines is 2. The molecular formula is C13H12BrN3O2. The highest BCUT2D eigenvalue weighted by atomic mass is 79.9. The van der Waals surface area contributed by atoms with Crippen LogP contribution in [0.3, 0.4) is 0 Å². The van der Waals surface area contributed by atoms with E-state index in [1.165, 1.54) is 12.1 Å². The van der Waals surface area contributed by atoms with Crippen LogP contribution in [-0.2, 0) is 0 Å². The van der Waals surface area contributed by atoms with Crippen molar-refractivity contribution in [1.29, 1.82) is 0 Å². The lowest BCUT2D eigenvalue weighted by molar-refractivity contribution is 0.102. The Bertz CT molecular complexity index is 644. The lowest BCUT2D eigenvalue weighted by atomic mass is 10.1. The number of pyridine rings is 1.